The van der Waals surface area contributed by atoms with Crippen molar-refractivity contribution in [1.29, 1.82) is 0 Å². The van der Waals surface area contributed by atoms with Gasteiger partial charge < -0.3 is 15.0 Å². The van der Waals surface area contributed by atoms with Gasteiger partial charge in [-0.15, -0.1) is 10.2 Å². The lowest BCUT2D eigenvalue weighted by Crippen LogP contribution is -2.44. The molecule has 1 unspecified atom stereocenters. The number of hydrogen-bond acceptors (Lipinski definition) is 6. The number of hydrogen-bond donors (Lipinski definition) is 1. The van der Waals surface area contributed by atoms with Crippen LogP contribution in [0, 0.1) is 0 Å². The number of carbonyl (C=O) groups is 1. The average Bonchev–Trinajstić information content (AvgIpc) is 3.32. The van der Waals surface area contributed by atoms with Gasteiger partial charge in [0.2, 0.25) is 0 Å². The van der Waals surface area contributed by atoms with E-state index in [4.69, 9.17) is 4.74 Å². The number of piperidine rings is 1. The van der Waals surface area contributed by atoms with Gasteiger partial charge in [0.25, 0.3) is 5.91 Å². The number of rotatable bonds is 6. The van der Waals surface area contributed by atoms with E-state index in [1.165, 1.54) is 16.7 Å². The number of amides is 1. The average molecular weight is 496 g/mol. The zero-order valence-electron chi connectivity index (χ0n) is 21.1. The Balaban J connectivity index is 1.07. The maximum atomic E-state index is 13.0. The normalized spacial score (nSPS) is 19.5. The number of morpholine rings is 1. The summed E-state index contributed by atoms with van der Waals surface area (Å²) in [5.41, 5.74) is 4.45. The van der Waals surface area contributed by atoms with E-state index in [1.54, 1.807) is 6.07 Å². The fourth-order valence-corrected chi connectivity index (χ4v) is 5.92. The van der Waals surface area contributed by atoms with Crippen LogP contribution < -0.4 is 10.2 Å². The monoisotopic (exact) mass is 495 g/mol. The summed E-state index contributed by atoms with van der Waals surface area (Å²) >= 11 is 0. The maximum Gasteiger partial charge on any atom is 0.271 e. The lowest BCUT2D eigenvalue weighted by Gasteiger charge is -2.39. The molecule has 2 fully saturated rings. The van der Waals surface area contributed by atoms with Crippen LogP contribution in [0.3, 0.4) is 0 Å². The Bertz CT molecular complexity index is 1250. The number of anilines is 1. The van der Waals surface area contributed by atoms with Gasteiger partial charge in [0, 0.05) is 38.1 Å². The number of carbonyl (C=O) groups excluding carboxylic acids is 1. The summed E-state index contributed by atoms with van der Waals surface area (Å²) in [6.45, 7) is 5.46. The Morgan fingerprint density at radius 2 is 1.68 bits per heavy atom. The first-order valence-corrected chi connectivity index (χ1v) is 13.2. The first-order valence-electron chi connectivity index (χ1n) is 13.2. The predicted octanol–water partition coefficient (Wildman–Crippen LogP) is 3.84. The fraction of sp³-hybridized carbons (Fsp3) is 0.367. The van der Waals surface area contributed by atoms with Crippen molar-refractivity contribution < 1.29 is 9.53 Å². The molecule has 1 spiro atoms. The van der Waals surface area contributed by atoms with E-state index >= 15 is 0 Å². The van der Waals surface area contributed by atoms with E-state index in [2.05, 4.69) is 73.9 Å². The lowest BCUT2D eigenvalue weighted by molar-refractivity contribution is 0.0162. The number of ether oxygens (including phenoxy) is 1. The lowest BCUT2D eigenvalue weighted by atomic mass is 9.74. The Hall–Kier alpha value is -3.55. The molecule has 3 aromatic rings. The van der Waals surface area contributed by atoms with Gasteiger partial charge in [0.1, 0.15) is 0 Å². The Morgan fingerprint density at radius 3 is 2.43 bits per heavy atom. The number of nitrogens with zero attached hydrogens (tertiary/aromatic N) is 4. The summed E-state index contributed by atoms with van der Waals surface area (Å²) in [6, 6.07) is 22.8. The molecule has 0 radical (unpaired) electrons. The highest BCUT2D eigenvalue weighted by atomic mass is 16.5. The maximum absolute atomic E-state index is 13.0. The predicted molar refractivity (Wildman–Crippen MR) is 145 cm³/mol. The molecule has 37 heavy (non-hydrogen) atoms. The van der Waals surface area contributed by atoms with Crippen LogP contribution >= 0.6 is 0 Å². The first kappa shape index (κ1) is 23.8. The molecule has 7 nitrogen and oxygen atoms in total. The van der Waals surface area contributed by atoms with E-state index in [1.807, 2.05) is 24.3 Å². The van der Waals surface area contributed by atoms with Gasteiger partial charge in [0.05, 0.1) is 19.3 Å². The molecule has 2 aromatic carbocycles. The summed E-state index contributed by atoms with van der Waals surface area (Å²) in [4.78, 5) is 17.6. The molecule has 2 aliphatic heterocycles. The van der Waals surface area contributed by atoms with Gasteiger partial charge >= 0.3 is 0 Å². The number of fused-ring (bicyclic) bond motifs is 2. The quantitative estimate of drug-likeness (QED) is 0.560. The van der Waals surface area contributed by atoms with Crippen LogP contribution in [0.1, 0.15) is 46.1 Å². The smallest absolute Gasteiger partial charge is 0.271 e. The van der Waals surface area contributed by atoms with Crippen molar-refractivity contribution in [1.82, 2.24) is 20.4 Å². The van der Waals surface area contributed by atoms with E-state index in [0.717, 1.165) is 44.8 Å². The second-order valence-corrected chi connectivity index (χ2v) is 10.1. The minimum atomic E-state index is -0.196. The molecular weight excluding hydrogens is 462 g/mol. The Kier molecular flexibility index (Phi) is 6.72. The molecule has 2 saturated heterocycles. The molecular formula is C30H33N5O2. The molecule has 1 atom stereocenters. The van der Waals surface area contributed by atoms with Gasteiger partial charge in [-0.25, -0.2) is 0 Å². The third-order valence-corrected chi connectivity index (χ3v) is 8.07. The molecule has 3 aliphatic rings. The molecule has 0 saturated carbocycles. The zero-order chi connectivity index (χ0) is 25.1. The summed E-state index contributed by atoms with van der Waals surface area (Å²) < 4.78 is 5.53. The molecule has 0 bridgehead atoms. The van der Waals surface area contributed by atoms with Crippen molar-refractivity contribution in [3.8, 4) is 0 Å². The van der Waals surface area contributed by atoms with Crippen LogP contribution in [-0.4, -0.2) is 66.9 Å². The molecule has 190 valence electrons. The van der Waals surface area contributed by atoms with Gasteiger partial charge in [-0.05, 0) is 41.7 Å². The van der Waals surface area contributed by atoms with E-state index in [9.17, 15) is 4.79 Å². The second kappa shape index (κ2) is 10.4. The number of allylic oxidation sites excluding steroid dienone is 1. The summed E-state index contributed by atoms with van der Waals surface area (Å²) in [5.74, 6) is 0.635. The van der Waals surface area contributed by atoms with Crippen LogP contribution in [-0.2, 0) is 10.2 Å². The first-order chi connectivity index (χ1) is 18.2. The number of aromatic nitrogens is 2. The van der Waals surface area contributed by atoms with Crippen molar-refractivity contribution in [2.24, 2.45) is 0 Å². The molecule has 1 N–H and O–H groups in total. The Morgan fingerprint density at radius 1 is 0.919 bits per heavy atom. The number of benzene rings is 2. The van der Waals surface area contributed by atoms with Gasteiger partial charge in [-0.2, -0.15) is 0 Å². The standard InChI is InChI=1S/C30H33N5O2/c36-29(31-22-27(24-7-2-1-3-8-24)34-18-20-37-21-19-34)26-10-11-28(33-32-26)35-16-14-30(15-17-35)13-12-23-6-4-5-9-25(23)30/h1-13,27H,14-22H2,(H,31,36). The van der Waals surface area contributed by atoms with Crippen LogP contribution in [0.2, 0.25) is 0 Å². The highest BCUT2D eigenvalue weighted by Gasteiger charge is 2.38. The van der Waals surface area contributed by atoms with Crippen LogP contribution in [0.15, 0.2) is 72.8 Å². The van der Waals surface area contributed by atoms with Gasteiger partial charge in [-0.1, -0.05) is 66.7 Å². The van der Waals surface area contributed by atoms with Crippen LogP contribution in [0.5, 0.6) is 0 Å². The van der Waals surface area contributed by atoms with E-state index in [0.29, 0.717) is 25.5 Å². The molecule has 3 heterocycles. The SMILES string of the molecule is O=C(NCC(c1ccccc1)N1CCOCC1)c1ccc(N2CCC3(C=Cc4ccccc43)CC2)nn1. The summed E-state index contributed by atoms with van der Waals surface area (Å²) in [7, 11) is 0. The van der Waals surface area contributed by atoms with Gasteiger partial charge in [-0.3, -0.25) is 9.69 Å². The molecule has 1 amide bonds. The molecule has 7 heteroatoms. The molecule has 1 aliphatic carbocycles. The third kappa shape index (κ3) is 4.89. The fourth-order valence-electron chi connectivity index (χ4n) is 5.92. The summed E-state index contributed by atoms with van der Waals surface area (Å²) in [5, 5.41) is 11.8. The van der Waals surface area contributed by atoms with Crippen LogP contribution in [0.25, 0.3) is 6.08 Å². The third-order valence-electron chi connectivity index (χ3n) is 8.07. The Labute approximate surface area is 218 Å². The zero-order valence-corrected chi connectivity index (χ0v) is 21.1. The van der Waals surface area contributed by atoms with E-state index in [-0.39, 0.29) is 17.4 Å². The minimum absolute atomic E-state index is 0.0942. The van der Waals surface area contributed by atoms with E-state index < -0.39 is 0 Å². The summed E-state index contributed by atoms with van der Waals surface area (Å²) in [6.07, 6.45) is 6.74. The highest BCUT2D eigenvalue weighted by molar-refractivity contribution is 5.92. The van der Waals surface area contributed by atoms with Crippen molar-refractivity contribution >= 4 is 17.8 Å². The molecule has 1 aromatic heterocycles. The second-order valence-electron chi connectivity index (χ2n) is 10.1. The van der Waals surface area contributed by atoms with Gasteiger partial charge in [0.15, 0.2) is 11.5 Å². The minimum Gasteiger partial charge on any atom is -0.379 e. The topological polar surface area (TPSA) is 70.6 Å². The van der Waals surface area contributed by atoms with Crippen molar-refractivity contribution in [3.63, 3.8) is 0 Å². The van der Waals surface area contributed by atoms with Crippen molar-refractivity contribution in [2.45, 2.75) is 24.3 Å². The van der Waals surface area contributed by atoms with Crippen molar-refractivity contribution in [2.75, 3.05) is 50.8 Å². The largest absolute Gasteiger partial charge is 0.379 e. The molecule has 6 rings (SSSR count). The number of nitrogens with one attached hydrogen (secondary N) is 1. The van der Waals surface area contributed by atoms with Crippen molar-refractivity contribution in [3.05, 3.63) is 95.2 Å². The van der Waals surface area contributed by atoms with Crippen LogP contribution in [0.4, 0.5) is 5.82 Å². The highest BCUT2D eigenvalue weighted by Crippen LogP contribution is 2.44.